The molecular weight excluding hydrogens is 246 g/mol. The fraction of sp³-hybridized carbons (Fsp3) is 0.500. The van der Waals surface area contributed by atoms with Crippen LogP contribution in [0.25, 0.3) is 0 Å². The van der Waals surface area contributed by atoms with Crippen LogP contribution in [0.5, 0.6) is 11.8 Å². The van der Waals surface area contributed by atoms with Crippen LogP contribution in [0, 0.1) is 5.92 Å². The van der Waals surface area contributed by atoms with Crippen LogP contribution in [0.4, 0.5) is 0 Å². The minimum absolute atomic E-state index is 0.492. The van der Waals surface area contributed by atoms with Crippen molar-refractivity contribution in [1.82, 2.24) is 4.98 Å². The zero-order valence-corrected chi connectivity index (χ0v) is 10.2. The molecule has 0 unspecified atom stereocenters. The van der Waals surface area contributed by atoms with Crippen molar-refractivity contribution < 1.29 is 9.47 Å². The number of halogens is 1. The summed E-state index contributed by atoms with van der Waals surface area (Å²) in [6.07, 6.45) is 0. The van der Waals surface area contributed by atoms with E-state index in [-0.39, 0.29) is 0 Å². The zero-order chi connectivity index (χ0) is 10.6. The van der Waals surface area contributed by atoms with Gasteiger partial charge in [0.05, 0.1) is 18.2 Å². The molecule has 1 aromatic rings. The molecule has 4 heteroatoms. The molecule has 0 aliphatic carbocycles. The van der Waals surface area contributed by atoms with Gasteiger partial charge >= 0.3 is 0 Å². The summed E-state index contributed by atoms with van der Waals surface area (Å²) in [7, 11) is 1.58. The van der Waals surface area contributed by atoms with Crippen LogP contribution in [0.2, 0.25) is 0 Å². The highest BCUT2D eigenvalue weighted by Crippen LogP contribution is 2.24. The largest absolute Gasteiger partial charge is 0.480 e. The number of nitrogens with zero attached hydrogens (tertiary/aromatic N) is 1. The van der Waals surface area contributed by atoms with Crippen molar-refractivity contribution >= 4 is 15.9 Å². The Labute approximate surface area is 92.6 Å². The van der Waals surface area contributed by atoms with E-state index in [1.807, 2.05) is 12.1 Å². The summed E-state index contributed by atoms with van der Waals surface area (Å²) in [4.78, 5) is 4.17. The summed E-state index contributed by atoms with van der Waals surface area (Å²) in [6, 6.07) is 3.68. The fourth-order valence-electron chi connectivity index (χ4n) is 0.882. The minimum Gasteiger partial charge on any atom is -0.480 e. The molecule has 0 saturated heterocycles. The molecule has 0 fully saturated rings. The Morgan fingerprint density at radius 2 is 2.14 bits per heavy atom. The van der Waals surface area contributed by atoms with Crippen LogP contribution in [-0.2, 0) is 0 Å². The normalized spacial score (nSPS) is 10.4. The zero-order valence-electron chi connectivity index (χ0n) is 8.58. The van der Waals surface area contributed by atoms with Gasteiger partial charge in [-0.05, 0) is 27.9 Å². The van der Waals surface area contributed by atoms with Gasteiger partial charge in [0.25, 0.3) is 0 Å². The standard InChI is InChI=1S/C10H14BrNO2/c1-7(2)6-14-9-5-4-8(11)10(12-9)13-3/h4-5,7H,6H2,1-3H3. The second-order valence-corrected chi connectivity index (χ2v) is 4.20. The molecule has 1 heterocycles. The summed E-state index contributed by atoms with van der Waals surface area (Å²) in [5.41, 5.74) is 0. The number of aromatic nitrogens is 1. The minimum atomic E-state index is 0.492. The molecule has 0 spiro atoms. The van der Waals surface area contributed by atoms with Crippen molar-refractivity contribution in [3.05, 3.63) is 16.6 Å². The third-order valence-electron chi connectivity index (χ3n) is 1.55. The number of ether oxygens (including phenoxy) is 2. The SMILES string of the molecule is COc1nc(OCC(C)C)ccc1Br. The molecular formula is C10H14BrNO2. The summed E-state index contributed by atoms with van der Waals surface area (Å²) in [5, 5.41) is 0. The number of hydrogen-bond donors (Lipinski definition) is 0. The first kappa shape index (κ1) is 11.3. The molecule has 0 amide bonds. The van der Waals surface area contributed by atoms with Crippen LogP contribution in [0.3, 0.4) is 0 Å². The van der Waals surface area contributed by atoms with E-state index >= 15 is 0 Å². The van der Waals surface area contributed by atoms with Crippen molar-refractivity contribution in [3.8, 4) is 11.8 Å². The molecule has 14 heavy (non-hydrogen) atoms. The van der Waals surface area contributed by atoms with Crippen LogP contribution in [0.15, 0.2) is 16.6 Å². The average molecular weight is 260 g/mol. The molecule has 3 nitrogen and oxygen atoms in total. The van der Waals surface area contributed by atoms with Gasteiger partial charge in [-0.1, -0.05) is 13.8 Å². The molecule has 0 atom stereocenters. The van der Waals surface area contributed by atoms with Gasteiger partial charge in [-0.2, -0.15) is 4.98 Å². The van der Waals surface area contributed by atoms with E-state index in [9.17, 15) is 0 Å². The van der Waals surface area contributed by atoms with Crippen molar-refractivity contribution in [2.45, 2.75) is 13.8 Å². The summed E-state index contributed by atoms with van der Waals surface area (Å²) in [5.74, 6) is 1.64. The van der Waals surface area contributed by atoms with Gasteiger partial charge in [0, 0.05) is 6.07 Å². The van der Waals surface area contributed by atoms with E-state index in [2.05, 4.69) is 34.8 Å². The average Bonchev–Trinajstić information content (AvgIpc) is 2.16. The molecule has 0 bridgehead atoms. The molecule has 0 aliphatic rings. The Morgan fingerprint density at radius 3 is 2.71 bits per heavy atom. The van der Waals surface area contributed by atoms with E-state index in [1.165, 1.54) is 0 Å². The Bertz CT molecular complexity index is 302. The molecule has 0 aromatic carbocycles. The Hall–Kier alpha value is -0.770. The van der Waals surface area contributed by atoms with Gasteiger partial charge in [0.1, 0.15) is 0 Å². The highest BCUT2D eigenvalue weighted by atomic mass is 79.9. The van der Waals surface area contributed by atoms with Crippen LogP contribution < -0.4 is 9.47 Å². The number of methoxy groups -OCH3 is 1. The lowest BCUT2D eigenvalue weighted by Crippen LogP contribution is -2.05. The first-order valence-corrected chi connectivity index (χ1v) is 5.26. The van der Waals surface area contributed by atoms with Crippen LogP contribution >= 0.6 is 15.9 Å². The molecule has 0 N–H and O–H groups in total. The Balaban J connectivity index is 2.69. The van der Waals surface area contributed by atoms with Crippen molar-refractivity contribution in [2.75, 3.05) is 13.7 Å². The third kappa shape index (κ3) is 3.18. The van der Waals surface area contributed by atoms with Crippen molar-refractivity contribution in [2.24, 2.45) is 5.92 Å². The van der Waals surface area contributed by atoms with E-state index in [1.54, 1.807) is 7.11 Å². The van der Waals surface area contributed by atoms with E-state index in [4.69, 9.17) is 9.47 Å². The highest BCUT2D eigenvalue weighted by molar-refractivity contribution is 9.10. The van der Waals surface area contributed by atoms with Crippen molar-refractivity contribution in [1.29, 1.82) is 0 Å². The Kier molecular flexibility index (Phi) is 4.20. The topological polar surface area (TPSA) is 31.4 Å². The third-order valence-corrected chi connectivity index (χ3v) is 2.15. The van der Waals surface area contributed by atoms with Gasteiger partial charge in [-0.15, -0.1) is 0 Å². The molecule has 0 saturated carbocycles. The lowest BCUT2D eigenvalue weighted by molar-refractivity contribution is 0.257. The predicted molar refractivity (Wildman–Crippen MR) is 58.8 cm³/mol. The molecule has 0 radical (unpaired) electrons. The highest BCUT2D eigenvalue weighted by Gasteiger charge is 2.04. The summed E-state index contributed by atoms with van der Waals surface area (Å²) in [6.45, 7) is 4.85. The Morgan fingerprint density at radius 1 is 1.43 bits per heavy atom. The monoisotopic (exact) mass is 259 g/mol. The summed E-state index contributed by atoms with van der Waals surface area (Å²) >= 11 is 3.33. The molecule has 1 aromatic heterocycles. The number of rotatable bonds is 4. The lowest BCUT2D eigenvalue weighted by atomic mass is 10.2. The van der Waals surface area contributed by atoms with E-state index in [0.29, 0.717) is 24.3 Å². The second-order valence-electron chi connectivity index (χ2n) is 3.35. The van der Waals surface area contributed by atoms with Gasteiger partial charge in [-0.25, -0.2) is 0 Å². The second kappa shape index (κ2) is 5.20. The molecule has 78 valence electrons. The van der Waals surface area contributed by atoms with Gasteiger partial charge in [0.2, 0.25) is 11.8 Å². The lowest BCUT2D eigenvalue weighted by Gasteiger charge is -2.09. The number of pyridine rings is 1. The smallest absolute Gasteiger partial charge is 0.231 e. The van der Waals surface area contributed by atoms with Crippen molar-refractivity contribution in [3.63, 3.8) is 0 Å². The molecule has 0 aliphatic heterocycles. The summed E-state index contributed by atoms with van der Waals surface area (Å²) < 4.78 is 11.3. The predicted octanol–water partition coefficient (Wildman–Crippen LogP) is 2.89. The fourth-order valence-corrected chi connectivity index (χ4v) is 1.26. The molecule has 1 rings (SSSR count). The first-order valence-electron chi connectivity index (χ1n) is 4.46. The maximum absolute atomic E-state index is 5.45. The van der Waals surface area contributed by atoms with Gasteiger partial charge in [0.15, 0.2) is 0 Å². The van der Waals surface area contributed by atoms with Gasteiger partial charge < -0.3 is 9.47 Å². The maximum atomic E-state index is 5.45. The van der Waals surface area contributed by atoms with E-state index < -0.39 is 0 Å². The number of hydrogen-bond acceptors (Lipinski definition) is 3. The van der Waals surface area contributed by atoms with Gasteiger partial charge in [-0.3, -0.25) is 0 Å². The van der Waals surface area contributed by atoms with Crippen LogP contribution in [0.1, 0.15) is 13.8 Å². The van der Waals surface area contributed by atoms with E-state index in [0.717, 1.165) is 4.47 Å². The first-order chi connectivity index (χ1) is 6.63. The van der Waals surface area contributed by atoms with Crippen LogP contribution in [-0.4, -0.2) is 18.7 Å². The maximum Gasteiger partial charge on any atom is 0.231 e. The quantitative estimate of drug-likeness (QED) is 0.834.